The molecular weight excluding hydrogens is 168 g/mol. The molecule has 1 aliphatic heterocycles. The van der Waals surface area contributed by atoms with E-state index < -0.39 is 0 Å². The Morgan fingerprint density at radius 1 is 1.31 bits per heavy atom. The van der Waals surface area contributed by atoms with Crippen LogP contribution in [0.5, 0.6) is 0 Å². The van der Waals surface area contributed by atoms with Gasteiger partial charge in [-0.1, -0.05) is 0 Å². The van der Waals surface area contributed by atoms with Crippen molar-refractivity contribution < 1.29 is 9.59 Å². The maximum atomic E-state index is 11.6. The minimum atomic E-state index is -0.169. The van der Waals surface area contributed by atoms with Gasteiger partial charge in [0.1, 0.15) is 0 Å². The number of nitrogens with zero attached hydrogens (tertiary/aromatic N) is 2. The summed E-state index contributed by atoms with van der Waals surface area (Å²) in [4.78, 5) is 26.1. The van der Waals surface area contributed by atoms with Crippen LogP contribution < -0.4 is 0 Å². The molecule has 1 fully saturated rings. The largest absolute Gasteiger partial charge is 0.327 e. The highest BCUT2D eigenvalue weighted by Gasteiger charge is 2.29. The average Bonchev–Trinajstić information content (AvgIpc) is 2.13. The maximum absolute atomic E-state index is 11.6. The summed E-state index contributed by atoms with van der Waals surface area (Å²) in [5.74, 6) is -0.0515. The third-order valence-electron chi connectivity index (χ3n) is 2.20. The zero-order valence-electron chi connectivity index (χ0n) is 8.41. The molecule has 0 N–H and O–H groups in total. The van der Waals surface area contributed by atoms with E-state index in [0.717, 1.165) is 6.42 Å². The van der Waals surface area contributed by atoms with Crippen LogP contribution in [0.3, 0.4) is 0 Å². The standard InChI is InChI=1S/C9H16N2O2/c1-7(2)11-8(12)5-4-6-10(3)9(11)13/h7H,4-6H2,1-3H3. The van der Waals surface area contributed by atoms with E-state index in [0.29, 0.717) is 13.0 Å². The third kappa shape index (κ3) is 1.99. The van der Waals surface area contributed by atoms with Gasteiger partial charge in [0.25, 0.3) is 0 Å². The highest BCUT2D eigenvalue weighted by molar-refractivity contribution is 5.95. The van der Waals surface area contributed by atoms with Crippen molar-refractivity contribution in [3.63, 3.8) is 0 Å². The van der Waals surface area contributed by atoms with Crippen LogP contribution in [0.4, 0.5) is 4.79 Å². The Bertz CT molecular complexity index is 226. The summed E-state index contributed by atoms with van der Waals surface area (Å²) in [5, 5.41) is 0. The minimum Gasteiger partial charge on any atom is -0.327 e. The fourth-order valence-corrected chi connectivity index (χ4v) is 1.48. The summed E-state index contributed by atoms with van der Waals surface area (Å²) in [5.41, 5.74) is 0. The Morgan fingerprint density at radius 2 is 1.92 bits per heavy atom. The molecular formula is C9H16N2O2. The number of hydrogen-bond acceptors (Lipinski definition) is 2. The van der Waals surface area contributed by atoms with Gasteiger partial charge in [-0.2, -0.15) is 0 Å². The van der Waals surface area contributed by atoms with Crippen molar-refractivity contribution in [2.24, 2.45) is 0 Å². The molecule has 13 heavy (non-hydrogen) atoms. The summed E-state index contributed by atoms with van der Waals surface area (Å²) in [6, 6.07) is -0.210. The van der Waals surface area contributed by atoms with E-state index in [2.05, 4.69) is 0 Å². The zero-order chi connectivity index (χ0) is 10.0. The van der Waals surface area contributed by atoms with Crippen molar-refractivity contribution in [2.45, 2.75) is 32.7 Å². The lowest BCUT2D eigenvalue weighted by Gasteiger charge is -2.26. The summed E-state index contributed by atoms with van der Waals surface area (Å²) in [6.45, 7) is 4.39. The maximum Gasteiger partial charge on any atom is 0.326 e. The zero-order valence-corrected chi connectivity index (χ0v) is 8.41. The predicted molar refractivity (Wildman–Crippen MR) is 49.2 cm³/mol. The monoisotopic (exact) mass is 184 g/mol. The molecule has 0 aliphatic carbocycles. The molecule has 1 heterocycles. The van der Waals surface area contributed by atoms with Gasteiger partial charge in [-0.05, 0) is 20.3 Å². The molecule has 1 saturated heterocycles. The lowest BCUT2D eigenvalue weighted by atomic mass is 10.2. The van der Waals surface area contributed by atoms with E-state index in [9.17, 15) is 9.59 Å². The van der Waals surface area contributed by atoms with Crippen molar-refractivity contribution in [3.05, 3.63) is 0 Å². The Labute approximate surface area is 78.5 Å². The van der Waals surface area contributed by atoms with E-state index in [1.807, 2.05) is 13.8 Å². The Morgan fingerprint density at radius 3 is 2.46 bits per heavy atom. The molecule has 0 unspecified atom stereocenters. The smallest absolute Gasteiger partial charge is 0.326 e. The highest BCUT2D eigenvalue weighted by Crippen LogP contribution is 2.12. The number of amides is 3. The Kier molecular flexibility index (Phi) is 2.90. The highest BCUT2D eigenvalue weighted by atomic mass is 16.2. The summed E-state index contributed by atoms with van der Waals surface area (Å²) in [6.07, 6.45) is 1.25. The SMILES string of the molecule is CC(C)N1C(=O)CCCN(C)C1=O. The molecule has 74 valence electrons. The van der Waals surface area contributed by atoms with Crippen LogP contribution in [0.1, 0.15) is 26.7 Å². The van der Waals surface area contributed by atoms with E-state index in [1.54, 1.807) is 11.9 Å². The first-order valence-electron chi connectivity index (χ1n) is 4.61. The molecule has 1 aliphatic rings. The first kappa shape index (κ1) is 10.0. The van der Waals surface area contributed by atoms with Gasteiger partial charge >= 0.3 is 6.03 Å². The van der Waals surface area contributed by atoms with E-state index in [1.165, 1.54) is 4.90 Å². The van der Waals surface area contributed by atoms with Gasteiger partial charge in [0, 0.05) is 26.1 Å². The minimum absolute atomic E-state index is 0.0412. The molecule has 0 spiro atoms. The molecule has 3 amide bonds. The molecule has 0 saturated carbocycles. The van der Waals surface area contributed by atoms with Crippen molar-refractivity contribution in [1.82, 2.24) is 9.80 Å². The van der Waals surface area contributed by atoms with Gasteiger partial charge in [0.2, 0.25) is 5.91 Å². The quantitative estimate of drug-likeness (QED) is 0.611. The third-order valence-corrected chi connectivity index (χ3v) is 2.20. The molecule has 0 bridgehead atoms. The number of carbonyl (C=O) groups excluding carboxylic acids is 2. The number of hydrogen-bond donors (Lipinski definition) is 0. The van der Waals surface area contributed by atoms with Crippen molar-refractivity contribution in [3.8, 4) is 0 Å². The topological polar surface area (TPSA) is 40.6 Å². The fraction of sp³-hybridized carbons (Fsp3) is 0.778. The summed E-state index contributed by atoms with van der Waals surface area (Å²) in [7, 11) is 1.73. The number of carbonyl (C=O) groups is 2. The first-order valence-corrected chi connectivity index (χ1v) is 4.61. The van der Waals surface area contributed by atoms with Crippen LogP contribution in [0.2, 0.25) is 0 Å². The first-order chi connectivity index (χ1) is 6.04. The van der Waals surface area contributed by atoms with Crippen molar-refractivity contribution >= 4 is 11.9 Å². The second-order valence-electron chi connectivity index (χ2n) is 3.67. The van der Waals surface area contributed by atoms with Gasteiger partial charge < -0.3 is 4.90 Å². The number of urea groups is 1. The average molecular weight is 184 g/mol. The van der Waals surface area contributed by atoms with Crippen molar-refractivity contribution in [1.29, 1.82) is 0 Å². The van der Waals surface area contributed by atoms with Gasteiger partial charge in [-0.15, -0.1) is 0 Å². The van der Waals surface area contributed by atoms with Gasteiger partial charge in [0.15, 0.2) is 0 Å². The number of rotatable bonds is 1. The molecule has 0 aromatic carbocycles. The van der Waals surface area contributed by atoms with Crippen LogP contribution in [0, 0.1) is 0 Å². The van der Waals surface area contributed by atoms with Gasteiger partial charge in [-0.3, -0.25) is 9.69 Å². The van der Waals surface area contributed by atoms with Gasteiger partial charge in [0.05, 0.1) is 0 Å². The molecule has 4 nitrogen and oxygen atoms in total. The second-order valence-corrected chi connectivity index (χ2v) is 3.67. The van der Waals surface area contributed by atoms with E-state index in [4.69, 9.17) is 0 Å². The van der Waals surface area contributed by atoms with Crippen LogP contribution in [-0.2, 0) is 4.79 Å². The molecule has 0 aromatic heterocycles. The predicted octanol–water partition coefficient (Wildman–Crippen LogP) is 1.07. The lowest BCUT2D eigenvalue weighted by molar-refractivity contribution is -0.129. The van der Waals surface area contributed by atoms with Crippen LogP contribution in [-0.4, -0.2) is 41.4 Å². The van der Waals surface area contributed by atoms with Crippen LogP contribution in [0.15, 0.2) is 0 Å². The summed E-state index contributed by atoms with van der Waals surface area (Å²) >= 11 is 0. The Balaban J connectivity index is 2.85. The molecule has 0 radical (unpaired) electrons. The molecule has 4 heteroatoms. The van der Waals surface area contributed by atoms with E-state index >= 15 is 0 Å². The normalized spacial score (nSPS) is 19.7. The molecule has 1 rings (SSSR count). The van der Waals surface area contributed by atoms with E-state index in [-0.39, 0.29) is 18.0 Å². The Hall–Kier alpha value is -1.06. The van der Waals surface area contributed by atoms with Crippen molar-refractivity contribution in [2.75, 3.05) is 13.6 Å². The lowest BCUT2D eigenvalue weighted by Crippen LogP contribution is -2.46. The van der Waals surface area contributed by atoms with Gasteiger partial charge in [-0.25, -0.2) is 4.79 Å². The molecule has 0 atom stereocenters. The second kappa shape index (κ2) is 3.77. The van der Waals surface area contributed by atoms with Crippen LogP contribution >= 0.6 is 0 Å². The summed E-state index contributed by atoms with van der Waals surface area (Å²) < 4.78 is 0. The van der Waals surface area contributed by atoms with Crippen LogP contribution in [0.25, 0.3) is 0 Å². The number of imide groups is 1. The fourth-order valence-electron chi connectivity index (χ4n) is 1.48. The molecule has 0 aromatic rings.